The van der Waals surface area contributed by atoms with Crippen LogP contribution in [0.1, 0.15) is 23.4 Å². The first-order valence-electron chi connectivity index (χ1n) is 11.8. The quantitative estimate of drug-likeness (QED) is 0.354. The summed E-state index contributed by atoms with van der Waals surface area (Å²) in [7, 11) is 0. The number of ether oxygens (including phenoxy) is 2. The molecule has 0 saturated carbocycles. The lowest BCUT2D eigenvalue weighted by atomic mass is 10.2. The maximum absolute atomic E-state index is 13.4. The summed E-state index contributed by atoms with van der Waals surface area (Å²) in [6, 6.07) is 20.3. The van der Waals surface area contributed by atoms with Gasteiger partial charge in [-0.3, -0.25) is 18.6 Å². The number of amides is 1. The van der Waals surface area contributed by atoms with E-state index >= 15 is 0 Å². The van der Waals surface area contributed by atoms with Gasteiger partial charge in [0.05, 0.1) is 17.4 Å². The van der Waals surface area contributed by atoms with Crippen LogP contribution in [0.2, 0.25) is 5.02 Å². The van der Waals surface area contributed by atoms with Gasteiger partial charge in [0.25, 0.3) is 5.56 Å². The van der Waals surface area contributed by atoms with Crippen molar-refractivity contribution in [1.29, 1.82) is 0 Å². The number of rotatable bonds is 7. The lowest BCUT2D eigenvalue weighted by Crippen LogP contribution is -2.25. The fourth-order valence-corrected chi connectivity index (χ4v) is 4.58. The highest BCUT2D eigenvalue weighted by Crippen LogP contribution is 2.32. The predicted molar refractivity (Wildman–Crippen MR) is 138 cm³/mol. The number of carbonyl (C=O) groups is 1. The van der Waals surface area contributed by atoms with Gasteiger partial charge in [0.1, 0.15) is 5.82 Å². The molecule has 0 fully saturated rings. The minimum atomic E-state index is -0.154. The Hall–Kier alpha value is -4.37. The number of halogens is 1. The Labute approximate surface area is 216 Å². The summed E-state index contributed by atoms with van der Waals surface area (Å²) in [6.07, 6.45) is 0.577. The van der Waals surface area contributed by atoms with E-state index in [2.05, 4.69) is 15.5 Å². The zero-order chi connectivity index (χ0) is 25.4. The molecule has 1 aliphatic heterocycles. The van der Waals surface area contributed by atoms with Crippen molar-refractivity contribution < 1.29 is 14.3 Å². The molecular formula is C27H22ClN5O4. The zero-order valence-corrected chi connectivity index (χ0v) is 20.4. The molecule has 0 unspecified atom stereocenters. The van der Waals surface area contributed by atoms with Gasteiger partial charge in [-0.05, 0) is 47.5 Å². The van der Waals surface area contributed by atoms with Crippen molar-refractivity contribution in [2.75, 3.05) is 6.79 Å². The van der Waals surface area contributed by atoms with Crippen LogP contribution in [0, 0.1) is 0 Å². The third-order valence-corrected chi connectivity index (χ3v) is 6.58. The first-order chi connectivity index (χ1) is 18.1. The van der Waals surface area contributed by atoms with Crippen molar-refractivity contribution in [3.63, 3.8) is 0 Å². The number of benzene rings is 3. The summed E-state index contributed by atoms with van der Waals surface area (Å²) >= 11 is 6.02. The van der Waals surface area contributed by atoms with Crippen LogP contribution >= 0.6 is 11.6 Å². The van der Waals surface area contributed by atoms with Gasteiger partial charge in [-0.15, -0.1) is 10.2 Å². The fourth-order valence-electron chi connectivity index (χ4n) is 4.46. The Kier molecular flexibility index (Phi) is 5.97. The lowest BCUT2D eigenvalue weighted by molar-refractivity contribution is -0.121. The van der Waals surface area contributed by atoms with E-state index in [4.69, 9.17) is 21.1 Å². The van der Waals surface area contributed by atoms with Gasteiger partial charge in [-0.1, -0.05) is 41.9 Å². The van der Waals surface area contributed by atoms with Crippen LogP contribution in [0.5, 0.6) is 11.5 Å². The van der Waals surface area contributed by atoms with Crippen LogP contribution in [0.4, 0.5) is 0 Å². The van der Waals surface area contributed by atoms with Crippen LogP contribution in [0.3, 0.4) is 0 Å². The average Bonchev–Trinajstić information content (AvgIpc) is 3.56. The molecule has 1 aliphatic rings. The van der Waals surface area contributed by atoms with E-state index in [-0.39, 0.29) is 24.7 Å². The number of nitrogens with zero attached hydrogens (tertiary/aromatic N) is 4. The second kappa shape index (κ2) is 9.59. The second-order valence-electron chi connectivity index (χ2n) is 8.75. The van der Waals surface area contributed by atoms with Crippen LogP contribution in [0.25, 0.3) is 16.7 Å². The van der Waals surface area contributed by atoms with Gasteiger partial charge in [-0.25, -0.2) is 0 Å². The van der Waals surface area contributed by atoms with E-state index in [1.807, 2.05) is 52.9 Å². The molecular weight excluding hydrogens is 494 g/mol. The highest BCUT2D eigenvalue weighted by Gasteiger charge is 2.18. The van der Waals surface area contributed by atoms with Crippen LogP contribution in [0.15, 0.2) is 71.5 Å². The number of para-hydroxylation sites is 1. The molecule has 0 saturated heterocycles. The molecule has 10 heteroatoms. The Bertz CT molecular complexity index is 1690. The van der Waals surface area contributed by atoms with Gasteiger partial charge < -0.3 is 14.8 Å². The molecule has 186 valence electrons. The van der Waals surface area contributed by atoms with E-state index in [0.29, 0.717) is 58.5 Å². The Morgan fingerprint density at radius 3 is 2.62 bits per heavy atom. The average molecular weight is 516 g/mol. The summed E-state index contributed by atoms with van der Waals surface area (Å²) in [5.74, 6) is 2.30. The summed E-state index contributed by atoms with van der Waals surface area (Å²) in [5.41, 5.74) is 2.38. The van der Waals surface area contributed by atoms with E-state index in [1.54, 1.807) is 22.8 Å². The lowest BCUT2D eigenvalue weighted by Gasteiger charge is -2.12. The first kappa shape index (κ1) is 23.1. The van der Waals surface area contributed by atoms with Gasteiger partial charge in [-0.2, -0.15) is 0 Å². The number of aromatic nitrogens is 4. The molecule has 3 heterocycles. The Balaban J connectivity index is 1.24. The van der Waals surface area contributed by atoms with Crippen molar-refractivity contribution in [3.8, 4) is 11.5 Å². The maximum Gasteiger partial charge on any atom is 0.263 e. The van der Waals surface area contributed by atoms with E-state index in [9.17, 15) is 9.59 Å². The summed E-state index contributed by atoms with van der Waals surface area (Å²) in [5, 5.41) is 12.8. The molecule has 0 bridgehead atoms. The minimum Gasteiger partial charge on any atom is -0.454 e. The number of hydrogen-bond donors (Lipinski definition) is 1. The molecule has 3 aromatic carbocycles. The Morgan fingerprint density at radius 2 is 1.76 bits per heavy atom. The predicted octanol–water partition coefficient (Wildman–Crippen LogP) is 3.72. The van der Waals surface area contributed by atoms with Crippen molar-refractivity contribution >= 4 is 34.2 Å². The summed E-state index contributed by atoms with van der Waals surface area (Å²) in [4.78, 5) is 26.0. The number of nitrogens with one attached hydrogen (secondary N) is 1. The molecule has 1 amide bonds. The molecule has 0 aliphatic carbocycles. The SMILES string of the molecule is O=C(CCc1nnc2n(Cc3ccc(Cl)cc3)c(=O)c3ccccc3n12)NCc1ccc2c(c1)OCO2. The molecule has 2 aromatic heterocycles. The normalized spacial score (nSPS) is 12.4. The molecule has 0 radical (unpaired) electrons. The number of fused-ring (bicyclic) bond motifs is 4. The Morgan fingerprint density at radius 1 is 0.973 bits per heavy atom. The van der Waals surface area contributed by atoms with Crippen molar-refractivity contribution in [1.82, 2.24) is 24.5 Å². The largest absolute Gasteiger partial charge is 0.454 e. The van der Waals surface area contributed by atoms with Crippen molar-refractivity contribution in [2.24, 2.45) is 0 Å². The van der Waals surface area contributed by atoms with E-state index in [1.165, 1.54) is 0 Å². The topological polar surface area (TPSA) is 99.8 Å². The summed E-state index contributed by atoms with van der Waals surface area (Å²) in [6.45, 7) is 0.901. The summed E-state index contributed by atoms with van der Waals surface area (Å²) < 4.78 is 14.2. The smallest absolute Gasteiger partial charge is 0.263 e. The monoisotopic (exact) mass is 515 g/mol. The highest BCUT2D eigenvalue weighted by molar-refractivity contribution is 6.30. The van der Waals surface area contributed by atoms with Crippen molar-refractivity contribution in [3.05, 3.63) is 99.1 Å². The van der Waals surface area contributed by atoms with Crippen molar-refractivity contribution in [2.45, 2.75) is 25.9 Å². The van der Waals surface area contributed by atoms with Gasteiger partial charge in [0.2, 0.25) is 18.5 Å². The molecule has 1 N–H and O–H groups in total. The molecule has 5 aromatic rings. The third kappa shape index (κ3) is 4.49. The van der Waals surface area contributed by atoms with Gasteiger partial charge in [0, 0.05) is 24.4 Å². The third-order valence-electron chi connectivity index (χ3n) is 6.33. The number of aryl methyl sites for hydroxylation is 1. The van der Waals surface area contributed by atoms with Gasteiger partial charge in [0.15, 0.2) is 11.5 Å². The number of carbonyl (C=O) groups excluding carboxylic acids is 1. The van der Waals surface area contributed by atoms with Crippen LogP contribution in [-0.2, 0) is 24.3 Å². The molecule has 37 heavy (non-hydrogen) atoms. The van der Waals surface area contributed by atoms with Gasteiger partial charge >= 0.3 is 0 Å². The molecule has 0 atom stereocenters. The molecule has 9 nitrogen and oxygen atoms in total. The maximum atomic E-state index is 13.4. The minimum absolute atomic E-state index is 0.117. The first-order valence-corrected chi connectivity index (χ1v) is 12.2. The second-order valence-corrected chi connectivity index (χ2v) is 9.19. The number of hydrogen-bond acceptors (Lipinski definition) is 6. The van der Waals surface area contributed by atoms with Crippen LogP contribution in [-0.4, -0.2) is 31.9 Å². The zero-order valence-electron chi connectivity index (χ0n) is 19.7. The van der Waals surface area contributed by atoms with E-state index < -0.39 is 0 Å². The molecule has 0 spiro atoms. The standard InChI is InChI=1S/C27H22ClN5O4/c28-19-8-5-17(6-9-19)15-32-26(35)20-3-1-2-4-21(20)33-24(30-31-27(32)33)11-12-25(34)29-14-18-7-10-22-23(13-18)37-16-36-22/h1-10,13H,11-12,14-16H2,(H,29,34). The fraction of sp³-hybridized carbons (Fsp3) is 0.185. The van der Waals surface area contributed by atoms with E-state index in [0.717, 1.165) is 11.1 Å². The van der Waals surface area contributed by atoms with Crippen LogP contribution < -0.4 is 20.3 Å². The molecule has 6 rings (SSSR count). The highest BCUT2D eigenvalue weighted by atomic mass is 35.5.